The summed E-state index contributed by atoms with van der Waals surface area (Å²) in [6.07, 6.45) is 1.10. The van der Waals surface area contributed by atoms with E-state index in [1.807, 2.05) is 7.05 Å². The predicted octanol–water partition coefficient (Wildman–Crippen LogP) is 3.44. The van der Waals surface area contributed by atoms with Crippen LogP contribution in [0.2, 0.25) is 0 Å². The molecule has 0 atom stereocenters. The summed E-state index contributed by atoms with van der Waals surface area (Å²) in [5.74, 6) is 1.33. The molecule has 6 heteroatoms. The topological polar surface area (TPSA) is 52.6 Å². The van der Waals surface area contributed by atoms with E-state index < -0.39 is 0 Å². The zero-order chi connectivity index (χ0) is 18.1. The second-order valence-electron chi connectivity index (χ2n) is 6.96. The van der Waals surface area contributed by atoms with Crippen molar-refractivity contribution in [1.29, 1.82) is 0 Å². The molecule has 1 aromatic rings. The fraction of sp³-hybridized carbons (Fsp3) is 0.778. The number of hydrogen-bond acceptors (Lipinski definition) is 4. The zero-order valence-electron chi connectivity index (χ0n) is 16.4. The molecule has 5 nitrogen and oxygen atoms in total. The van der Waals surface area contributed by atoms with Crippen LogP contribution in [-0.4, -0.2) is 48.1 Å². The van der Waals surface area contributed by atoms with Gasteiger partial charge in [0.15, 0.2) is 5.96 Å². The summed E-state index contributed by atoms with van der Waals surface area (Å²) in [6, 6.07) is 1.17. The van der Waals surface area contributed by atoms with E-state index in [1.165, 1.54) is 5.01 Å². The number of thiazole rings is 1. The quantitative estimate of drug-likeness (QED) is 0.406. The van der Waals surface area contributed by atoms with Gasteiger partial charge in [0.1, 0.15) is 0 Å². The van der Waals surface area contributed by atoms with Gasteiger partial charge in [0, 0.05) is 43.5 Å². The molecule has 0 amide bonds. The summed E-state index contributed by atoms with van der Waals surface area (Å²) in [5.41, 5.74) is 1.08. The summed E-state index contributed by atoms with van der Waals surface area (Å²) in [6.45, 7) is 16.1. The molecular weight excluding hydrogens is 318 g/mol. The molecule has 1 rings (SSSR count). The first-order chi connectivity index (χ1) is 11.3. The highest BCUT2D eigenvalue weighted by atomic mass is 32.1. The highest BCUT2D eigenvalue weighted by Gasteiger charge is 2.12. The van der Waals surface area contributed by atoms with Gasteiger partial charge >= 0.3 is 0 Å². The van der Waals surface area contributed by atoms with Crippen LogP contribution in [0.1, 0.15) is 64.6 Å². The van der Waals surface area contributed by atoms with Crippen molar-refractivity contribution in [3.05, 3.63) is 16.1 Å². The molecule has 0 aliphatic rings. The summed E-state index contributed by atoms with van der Waals surface area (Å²) < 4.78 is 0. The molecule has 0 fully saturated rings. The third-order valence-corrected chi connectivity index (χ3v) is 5.13. The van der Waals surface area contributed by atoms with Gasteiger partial charge < -0.3 is 10.6 Å². The Bertz CT molecular complexity index is 485. The van der Waals surface area contributed by atoms with Gasteiger partial charge in [-0.15, -0.1) is 11.3 Å². The van der Waals surface area contributed by atoms with E-state index >= 15 is 0 Å². The number of nitrogens with one attached hydrogen (secondary N) is 2. The molecule has 0 aliphatic carbocycles. The van der Waals surface area contributed by atoms with Crippen LogP contribution < -0.4 is 10.6 Å². The molecule has 0 spiro atoms. The van der Waals surface area contributed by atoms with Crippen LogP contribution in [0.25, 0.3) is 0 Å². The molecule has 0 unspecified atom stereocenters. The Morgan fingerprint density at radius 2 is 1.83 bits per heavy atom. The maximum atomic E-state index is 4.64. The normalized spacial score (nSPS) is 12.7. The maximum absolute atomic E-state index is 4.64. The van der Waals surface area contributed by atoms with Crippen LogP contribution in [0.15, 0.2) is 10.4 Å². The Kier molecular flexibility index (Phi) is 9.29. The Labute approximate surface area is 152 Å². The van der Waals surface area contributed by atoms with Crippen LogP contribution in [0.4, 0.5) is 0 Å². The van der Waals surface area contributed by atoms with Crippen molar-refractivity contribution < 1.29 is 0 Å². The number of nitrogens with zero attached hydrogens (tertiary/aromatic N) is 3. The Morgan fingerprint density at radius 3 is 2.33 bits per heavy atom. The molecule has 2 N–H and O–H groups in total. The smallest absolute Gasteiger partial charge is 0.191 e. The first-order valence-corrected chi connectivity index (χ1v) is 9.87. The van der Waals surface area contributed by atoms with Crippen molar-refractivity contribution in [2.75, 3.05) is 20.1 Å². The van der Waals surface area contributed by atoms with E-state index in [0.717, 1.165) is 31.2 Å². The van der Waals surface area contributed by atoms with Crippen molar-refractivity contribution in [2.45, 2.75) is 72.5 Å². The Morgan fingerprint density at radius 1 is 1.17 bits per heavy atom. The summed E-state index contributed by atoms with van der Waals surface area (Å²) in [4.78, 5) is 11.4. The first kappa shape index (κ1) is 20.9. The number of aliphatic imine (C=N–C) groups is 1. The van der Waals surface area contributed by atoms with Gasteiger partial charge in [-0.05, 0) is 34.1 Å². The standard InChI is InChI=1S/C18H35N5S/c1-13(2)17-22-16(12-24-17)11-21-18(19-7)20-9-8-10-23(14(3)4)15(5)6/h12-15H,8-11H2,1-7H3,(H2,19,20,21). The minimum Gasteiger partial charge on any atom is -0.356 e. The van der Waals surface area contributed by atoms with Gasteiger partial charge in [-0.2, -0.15) is 0 Å². The van der Waals surface area contributed by atoms with Crippen molar-refractivity contribution in [3.8, 4) is 0 Å². The van der Waals surface area contributed by atoms with E-state index in [1.54, 1.807) is 11.3 Å². The van der Waals surface area contributed by atoms with Crippen molar-refractivity contribution >= 4 is 17.3 Å². The van der Waals surface area contributed by atoms with Crippen molar-refractivity contribution in [3.63, 3.8) is 0 Å². The van der Waals surface area contributed by atoms with Crippen LogP contribution >= 0.6 is 11.3 Å². The molecule has 0 saturated carbocycles. The third-order valence-electron chi connectivity index (χ3n) is 3.94. The minimum atomic E-state index is 0.492. The fourth-order valence-electron chi connectivity index (χ4n) is 2.65. The summed E-state index contributed by atoms with van der Waals surface area (Å²) >= 11 is 1.73. The number of hydrogen-bond donors (Lipinski definition) is 2. The van der Waals surface area contributed by atoms with Crippen LogP contribution in [0.5, 0.6) is 0 Å². The average Bonchev–Trinajstić information content (AvgIpc) is 2.98. The van der Waals surface area contributed by atoms with E-state index in [2.05, 4.69) is 72.4 Å². The minimum absolute atomic E-state index is 0.492. The molecule has 0 saturated heterocycles. The number of rotatable bonds is 9. The molecule has 0 aromatic carbocycles. The summed E-state index contributed by atoms with van der Waals surface area (Å²) in [7, 11) is 1.81. The molecule has 1 aromatic heterocycles. The summed E-state index contributed by atoms with van der Waals surface area (Å²) in [5, 5.41) is 10.0. The van der Waals surface area contributed by atoms with Crippen LogP contribution in [0, 0.1) is 0 Å². The lowest BCUT2D eigenvalue weighted by Gasteiger charge is -2.30. The largest absolute Gasteiger partial charge is 0.356 e. The van der Waals surface area contributed by atoms with Gasteiger partial charge in [0.2, 0.25) is 0 Å². The van der Waals surface area contributed by atoms with E-state index in [-0.39, 0.29) is 0 Å². The van der Waals surface area contributed by atoms with Gasteiger partial charge in [-0.25, -0.2) is 4.98 Å². The molecular formula is C18H35N5S. The molecule has 0 radical (unpaired) electrons. The highest BCUT2D eigenvalue weighted by Crippen LogP contribution is 2.18. The molecule has 1 heterocycles. The lowest BCUT2D eigenvalue weighted by molar-refractivity contribution is 0.173. The zero-order valence-corrected chi connectivity index (χ0v) is 17.2. The SMILES string of the molecule is CN=C(NCCCN(C(C)C)C(C)C)NCc1csc(C(C)C)n1. The number of guanidine groups is 1. The third kappa shape index (κ3) is 7.18. The lowest BCUT2D eigenvalue weighted by Crippen LogP contribution is -2.41. The average molecular weight is 354 g/mol. The second-order valence-corrected chi connectivity index (χ2v) is 7.85. The van der Waals surface area contributed by atoms with E-state index in [4.69, 9.17) is 0 Å². The van der Waals surface area contributed by atoms with Crippen LogP contribution in [0.3, 0.4) is 0 Å². The van der Waals surface area contributed by atoms with Gasteiger partial charge in [-0.3, -0.25) is 9.89 Å². The fourth-order valence-corrected chi connectivity index (χ4v) is 3.48. The van der Waals surface area contributed by atoms with E-state index in [0.29, 0.717) is 24.5 Å². The lowest BCUT2D eigenvalue weighted by atomic mass is 10.2. The Balaban J connectivity index is 2.32. The Hall–Kier alpha value is -1.14. The van der Waals surface area contributed by atoms with Crippen molar-refractivity contribution in [2.24, 2.45) is 4.99 Å². The van der Waals surface area contributed by atoms with E-state index in [9.17, 15) is 0 Å². The van der Waals surface area contributed by atoms with Gasteiger partial charge in [0.25, 0.3) is 0 Å². The van der Waals surface area contributed by atoms with Crippen molar-refractivity contribution in [1.82, 2.24) is 20.5 Å². The molecule has 138 valence electrons. The highest BCUT2D eigenvalue weighted by molar-refractivity contribution is 7.09. The molecule has 0 aliphatic heterocycles. The van der Waals surface area contributed by atoms with Gasteiger partial charge in [0.05, 0.1) is 17.2 Å². The predicted molar refractivity (Wildman–Crippen MR) is 106 cm³/mol. The monoisotopic (exact) mass is 353 g/mol. The van der Waals surface area contributed by atoms with Gasteiger partial charge in [-0.1, -0.05) is 13.8 Å². The van der Waals surface area contributed by atoms with Crippen LogP contribution in [-0.2, 0) is 6.54 Å². The second kappa shape index (κ2) is 10.7. The maximum Gasteiger partial charge on any atom is 0.191 e. The molecule has 24 heavy (non-hydrogen) atoms. The first-order valence-electron chi connectivity index (χ1n) is 8.99. The number of aromatic nitrogens is 1. The molecule has 0 bridgehead atoms.